The van der Waals surface area contributed by atoms with Crippen LogP contribution in [0.4, 0.5) is 11.4 Å². The van der Waals surface area contributed by atoms with E-state index in [1.54, 1.807) is 23.7 Å². The normalized spacial score (nSPS) is 10.9. The number of carbonyl (C=O) groups is 1. The number of phenolic OH excluding ortho intramolecular Hbond substituents is 1. The number of nitrogens with one attached hydrogen (secondary N) is 2. The number of non-ortho nitro benzene ring substituents is 2. The van der Waals surface area contributed by atoms with Crippen LogP contribution in [0.5, 0.6) is 11.5 Å². The molecular formula is C19H18N7O7S+. The van der Waals surface area contributed by atoms with E-state index in [4.69, 9.17) is 4.74 Å². The molecule has 2 aromatic carbocycles. The fourth-order valence-corrected chi connectivity index (χ4v) is 3.53. The van der Waals surface area contributed by atoms with Crippen molar-refractivity contribution in [1.82, 2.24) is 15.6 Å². The standard InChI is InChI=1S/C19H17N7O7S/c1-24-18(11-4-3-5-13(6-11)25(29)30)22-23-19(24)34-10-16(27)21-20-9-12-7-14(26(31)32)8-15(33-2)17(12)28/h3-9H,10H2,1-2H3,(H2,20,21,27,28)/p+1. The zero-order valence-electron chi connectivity index (χ0n) is 17.8. The van der Waals surface area contributed by atoms with Crippen LogP contribution in [0.2, 0.25) is 0 Å². The van der Waals surface area contributed by atoms with Gasteiger partial charge >= 0.3 is 5.16 Å². The number of aromatic hydroxyl groups is 1. The Labute approximate surface area is 195 Å². The van der Waals surface area contributed by atoms with Gasteiger partial charge in [-0.3, -0.25) is 25.0 Å². The molecule has 14 nitrogen and oxygen atoms in total. The van der Waals surface area contributed by atoms with E-state index in [2.05, 4.69) is 20.7 Å². The first kappa shape index (κ1) is 24.1. The number of phenols is 1. The van der Waals surface area contributed by atoms with Gasteiger partial charge in [-0.15, -0.1) is 5.10 Å². The van der Waals surface area contributed by atoms with Crippen molar-refractivity contribution in [2.75, 3.05) is 12.9 Å². The third-order valence-electron chi connectivity index (χ3n) is 4.46. The predicted octanol–water partition coefficient (Wildman–Crippen LogP) is 1.67. The minimum absolute atomic E-state index is 0.0145. The van der Waals surface area contributed by atoms with Crippen LogP contribution in [0, 0.1) is 20.2 Å². The Hall–Kier alpha value is -4.53. The first-order valence-electron chi connectivity index (χ1n) is 9.40. The number of rotatable bonds is 9. The number of aromatic nitrogens is 3. The Kier molecular flexibility index (Phi) is 7.37. The number of H-pyrrole nitrogens is 1. The number of amides is 1. The van der Waals surface area contributed by atoms with E-state index in [-0.39, 0.29) is 34.2 Å². The predicted molar refractivity (Wildman–Crippen MR) is 120 cm³/mol. The van der Waals surface area contributed by atoms with E-state index in [1.807, 2.05) is 0 Å². The zero-order valence-corrected chi connectivity index (χ0v) is 18.6. The Morgan fingerprint density at radius 3 is 2.71 bits per heavy atom. The Morgan fingerprint density at radius 2 is 2.03 bits per heavy atom. The number of thioether (sulfide) groups is 1. The smallest absolute Gasteiger partial charge is 0.337 e. The number of aromatic amines is 1. The van der Waals surface area contributed by atoms with E-state index >= 15 is 0 Å². The molecule has 0 spiro atoms. The fraction of sp³-hybridized carbons (Fsp3) is 0.158. The molecule has 1 amide bonds. The van der Waals surface area contributed by atoms with Crippen molar-refractivity contribution >= 4 is 35.3 Å². The molecule has 34 heavy (non-hydrogen) atoms. The summed E-state index contributed by atoms with van der Waals surface area (Å²) < 4.78 is 6.55. The van der Waals surface area contributed by atoms with E-state index < -0.39 is 15.8 Å². The number of methoxy groups -OCH3 is 1. The summed E-state index contributed by atoms with van der Waals surface area (Å²) >= 11 is 1.09. The van der Waals surface area contributed by atoms with E-state index in [0.717, 1.165) is 30.1 Å². The minimum atomic E-state index is -0.652. The van der Waals surface area contributed by atoms with Crippen molar-refractivity contribution in [3.05, 3.63) is 62.2 Å². The number of ether oxygens (including phenoxy) is 1. The molecule has 15 heteroatoms. The van der Waals surface area contributed by atoms with Gasteiger partial charge in [0.15, 0.2) is 11.5 Å². The molecule has 1 heterocycles. The number of benzene rings is 2. The van der Waals surface area contributed by atoms with Crippen LogP contribution in [-0.2, 0) is 11.8 Å². The first-order chi connectivity index (χ1) is 16.2. The summed E-state index contributed by atoms with van der Waals surface area (Å²) in [6.07, 6.45) is 1.06. The van der Waals surface area contributed by atoms with E-state index in [9.17, 15) is 30.1 Å². The molecule has 0 saturated carbocycles. The van der Waals surface area contributed by atoms with E-state index in [1.165, 1.54) is 19.2 Å². The largest absolute Gasteiger partial charge is 0.504 e. The van der Waals surface area contributed by atoms with Crippen LogP contribution in [0.25, 0.3) is 11.4 Å². The molecule has 0 aliphatic rings. The summed E-state index contributed by atoms with van der Waals surface area (Å²) in [5.41, 5.74) is 2.42. The summed E-state index contributed by atoms with van der Waals surface area (Å²) in [4.78, 5) is 33.0. The van der Waals surface area contributed by atoms with Gasteiger partial charge < -0.3 is 9.84 Å². The zero-order chi connectivity index (χ0) is 24.8. The summed E-state index contributed by atoms with van der Waals surface area (Å²) in [5.74, 6) is -0.534. The van der Waals surface area contributed by atoms with Gasteiger partial charge in [-0.2, -0.15) is 5.10 Å². The van der Waals surface area contributed by atoms with Crippen molar-refractivity contribution in [3.8, 4) is 22.9 Å². The maximum Gasteiger partial charge on any atom is 0.337 e. The SMILES string of the molecule is COc1cc([N+](=O)[O-])cc(/C=N/NC(=O)CSc2n[nH]c(-c3cccc([N+](=O)[O-])c3)[n+]2C)c1O. The molecule has 0 saturated heterocycles. The molecule has 1 aromatic heterocycles. The number of nitro benzene ring substituents is 2. The number of nitrogens with zero attached hydrogens (tertiary/aromatic N) is 5. The molecule has 3 rings (SSSR count). The van der Waals surface area contributed by atoms with Crippen molar-refractivity contribution < 1.29 is 29.1 Å². The highest BCUT2D eigenvalue weighted by molar-refractivity contribution is 7.99. The number of carbonyl (C=O) groups excluding carboxylic acids is 1. The van der Waals surface area contributed by atoms with Crippen molar-refractivity contribution in [2.24, 2.45) is 12.1 Å². The highest BCUT2D eigenvalue weighted by Crippen LogP contribution is 2.33. The van der Waals surface area contributed by atoms with Gasteiger partial charge in [-0.1, -0.05) is 6.07 Å². The van der Waals surface area contributed by atoms with Crippen LogP contribution in [0.1, 0.15) is 5.56 Å². The minimum Gasteiger partial charge on any atom is -0.504 e. The second-order valence-corrected chi connectivity index (χ2v) is 7.59. The number of hydrazone groups is 1. The lowest BCUT2D eigenvalue weighted by molar-refractivity contribution is -0.698. The topological polar surface area (TPSA) is 190 Å². The first-order valence-corrected chi connectivity index (χ1v) is 10.4. The molecule has 0 unspecified atom stereocenters. The Balaban J connectivity index is 1.64. The lowest BCUT2D eigenvalue weighted by Gasteiger charge is -2.05. The maximum atomic E-state index is 12.1. The van der Waals surface area contributed by atoms with Gasteiger partial charge in [0.1, 0.15) is 0 Å². The summed E-state index contributed by atoms with van der Waals surface area (Å²) in [6.45, 7) is 0. The molecule has 3 aromatic rings. The molecule has 0 bridgehead atoms. The molecule has 0 aliphatic heterocycles. The average molecular weight is 488 g/mol. The molecule has 176 valence electrons. The monoisotopic (exact) mass is 488 g/mol. The van der Waals surface area contributed by atoms with Crippen LogP contribution in [0.15, 0.2) is 46.7 Å². The van der Waals surface area contributed by atoms with Crippen LogP contribution in [0.3, 0.4) is 0 Å². The Morgan fingerprint density at radius 1 is 1.29 bits per heavy atom. The second-order valence-electron chi connectivity index (χ2n) is 6.65. The number of hydrogen-bond donors (Lipinski definition) is 3. The van der Waals surface area contributed by atoms with Gasteiger partial charge in [0.05, 0.1) is 52.7 Å². The molecule has 0 fully saturated rings. The van der Waals surface area contributed by atoms with E-state index in [0.29, 0.717) is 16.5 Å². The van der Waals surface area contributed by atoms with Gasteiger partial charge in [-0.05, 0) is 17.8 Å². The van der Waals surface area contributed by atoms with Crippen LogP contribution >= 0.6 is 11.8 Å². The lowest BCUT2D eigenvalue weighted by Crippen LogP contribution is -2.32. The van der Waals surface area contributed by atoms with Crippen LogP contribution < -0.4 is 14.7 Å². The molecule has 0 atom stereocenters. The molecular weight excluding hydrogens is 470 g/mol. The van der Waals surface area contributed by atoms with Crippen LogP contribution in [-0.4, -0.2) is 50.1 Å². The van der Waals surface area contributed by atoms with Gasteiger partial charge in [-0.25, -0.2) is 9.99 Å². The highest BCUT2D eigenvalue weighted by Gasteiger charge is 2.21. The Bertz CT molecular complexity index is 1290. The maximum absolute atomic E-state index is 12.1. The van der Waals surface area contributed by atoms with Crippen molar-refractivity contribution in [3.63, 3.8) is 0 Å². The highest BCUT2D eigenvalue weighted by atomic mass is 32.2. The summed E-state index contributed by atoms with van der Waals surface area (Å²) in [6, 6.07) is 8.18. The van der Waals surface area contributed by atoms with Crippen molar-refractivity contribution in [2.45, 2.75) is 5.16 Å². The number of hydrogen-bond acceptors (Lipinski definition) is 10. The molecule has 0 aliphatic carbocycles. The molecule has 3 N–H and O–H groups in total. The fourth-order valence-electron chi connectivity index (χ4n) is 2.81. The van der Waals surface area contributed by atoms with Gasteiger partial charge in [0, 0.05) is 23.8 Å². The van der Waals surface area contributed by atoms with Crippen molar-refractivity contribution in [1.29, 1.82) is 0 Å². The summed E-state index contributed by atoms with van der Waals surface area (Å²) in [7, 11) is 2.94. The third-order valence-corrected chi connectivity index (χ3v) is 5.49. The van der Waals surface area contributed by atoms with Gasteiger partial charge in [0.2, 0.25) is 0 Å². The number of nitro groups is 2. The lowest BCUT2D eigenvalue weighted by atomic mass is 10.2. The quantitative estimate of drug-likeness (QED) is 0.132. The second kappa shape index (κ2) is 10.4. The van der Waals surface area contributed by atoms with Gasteiger partial charge in [0.25, 0.3) is 23.1 Å². The third kappa shape index (κ3) is 5.44. The summed E-state index contributed by atoms with van der Waals surface area (Å²) in [5, 5.41) is 43.2. The average Bonchev–Trinajstić information content (AvgIpc) is 3.18. The molecule has 0 radical (unpaired) electrons.